The monoisotopic (exact) mass is 328 g/mol. The fourth-order valence-electron chi connectivity index (χ4n) is 2.43. The zero-order chi connectivity index (χ0) is 17.7. The summed E-state index contributed by atoms with van der Waals surface area (Å²) in [5, 5.41) is 0. The lowest BCUT2D eigenvalue weighted by atomic mass is 10.1. The average molecular weight is 328 g/mol. The van der Waals surface area contributed by atoms with Crippen LogP contribution in [0.5, 0.6) is 5.75 Å². The topological polar surface area (TPSA) is 66.9 Å². The summed E-state index contributed by atoms with van der Waals surface area (Å²) in [5.41, 5.74) is 0.950. The molecule has 1 aromatic carbocycles. The molecule has 6 heteroatoms. The molecule has 6 nitrogen and oxygen atoms in total. The number of hydrogen-bond donors (Lipinski definition) is 0. The molecule has 1 heterocycles. The molecule has 126 valence electrons. The van der Waals surface area contributed by atoms with Gasteiger partial charge in [0, 0.05) is 25.6 Å². The number of carbonyl (C=O) groups excluding carboxylic acids is 3. The van der Waals surface area contributed by atoms with Crippen molar-refractivity contribution in [1.29, 1.82) is 0 Å². The molecule has 0 saturated carbocycles. The Labute approximate surface area is 141 Å². The molecule has 0 N–H and O–H groups in total. The van der Waals surface area contributed by atoms with Crippen molar-refractivity contribution >= 4 is 23.3 Å². The molecule has 0 aliphatic carbocycles. The van der Waals surface area contributed by atoms with Crippen LogP contribution in [0.1, 0.15) is 17.3 Å². The molecule has 0 fully saturated rings. The van der Waals surface area contributed by atoms with Gasteiger partial charge in [0.1, 0.15) is 5.75 Å². The van der Waals surface area contributed by atoms with Gasteiger partial charge in [-0.2, -0.15) is 0 Å². The quantitative estimate of drug-likeness (QED) is 0.565. The Morgan fingerprint density at radius 2 is 2.08 bits per heavy atom. The molecule has 1 aliphatic heterocycles. The van der Waals surface area contributed by atoms with Crippen molar-refractivity contribution in [3.8, 4) is 5.75 Å². The van der Waals surface area contributed by atoms with E-state index in [1.807, 2.05) is 0 Å². The first kappa shape index (κ1) is 17.5. The summed E-state index contributed by atoms with van der Waals surface area (Å²) in [5.74, 6) is -0.0639. The van der Waals surface area contributed by atoms with E-state index in [2.05, 4.69) is 13.2 Å². The highest BCUT2D eigenvalue weighted by atomic mass is 16.5. The Balaban J connectivity index is 2.27. The van der Waals surface area contributed by atoms with Crippen LogP contribution < -0.4 is 9.64 Å². The van der Waals surface area contributed by atoms with Crippen molar-refractivity contribution in [3.63, 3.8) is 0 Å². The molecular weight excluding hydrogens is 308 g/mol. The molecule has 1 aliphatic rings. The van der Waals surface area contributed by atoms with Crippen molar-refractivity contribution in [2.24, 2.45) is 0 Å². The number of ketones is 1. The van der Waals surface area contributed by atoms with Gasteiger partial charge in [0.2, 0.25) is 5.91 Å². The highest BCUT2D eigenvalue weighted by Crippen LogP contribution is 2.33. The molecule has 1 aromatic rings. The van der Waals surface area contributed by atoms with E-state index in [4.69, 9.17) is 4.74 Å². The van der Waals surface area contributed by atoms with Crippen molar-refractivity contribution in [1.82, 2.24) is 4.90 Å². The molecule has 0 atom stereocenters. The highest BCUT2D eigenvalue weighted by molar-refractivity contribution is 6.03. The van der Waals surface area contributed by atoms with Crippen LogP contribution in [0.3, 0.4) is 0 Å². The second kappa shape index (κ2) is 7.59. The van der Waals surface area contributed by atoms with Crippen LogP contribution in [-0.2, 0) is 9.59 Å². The lowest BCUT2D eigenvalue weighted by Gasteiger charge is -2.29. The highest BCUT2D eigenvalue weighted by Gasteiger charge is 2.26. The standard InChI is InChI=1S/C18H20N2O4/c1-4-8-19(13(3)21)11-16(22)14-6-7-17-15(10-14)20(9-5-2)18(23)12-24-17/h4-7,10H,1-2,8-9,11-12H2,3H3. The maximum Gasteiger partial charge on any atom is 0.265 e. The Kier molecular flexibility index (Phi) is 5.52. The van der Waals surface area contributed by atoms with Gasteiger partial charge in [-0.3, -0.25) is 14.4 Å². The van der Waals surface area contributed by atoms with Crippen molar-refractivity contribution in [2.75, 3.05) is 31.1 Å². The number of carbonyl (C=O) groups is 3. The van der Waals surface area contributed by atoms with Crippen LogP contribution in [0.2, 0.25) is 0 Å². The molecule has 0 spiro atoms. The molecule has 0 unspecified atom stereocenters. The van der Waals surface area contributed by atoms with Gasteiger partial charge in [-0.25, -0.2) is 0 Å². The minimum Gasteiger partial charge on any atom is -0.482 e. The van der Waals surface area contributed by atoms with E-state index in [1.54, 1.807) is 30.4 Å². The number of fused-ring (bicyclic) bond motifs is 1. The zero-order valence-electron chi connectivity index (χ0n) is 13.7. The van der Waals surface area contributed by atoms with Gasteiger partial charge in [0.25, 0.3) is 5.91 Å². The Bertz CT molecular complexity index is 696. The van der Waals surface area contributed by atoms with Gasteiger partial charge in [-0.1, -0.05) is 12.2 Å². The minimum atomic E-state index is -0.216. The molecule has 0 saturated heterocycles. The number of Topliss-reactive ketones (excluding diaryl/α,β-unsaturated/α-hetero) is 1. The predicted molar refractivity (Wildman–Crippen MR) is 91.3 cm³/mol. The first-order chi connectivity index (χ1) is 11.5. The largest absolute Gasteiger partial charge is 0.482 e. The summed E-state index contributed by atoms with van der Waals surface area (Å²) < 4.78 is 5.39. The number of benzene rings is 1. The van der Waals surface area contributed by atoms with Gasteiger partial charge in [-0.15, -0.1) is 13.2 Å². The van der Waals surface area contributed by atoms with Gasteiger partial charge in [0.05, 0.1) is 12.2 Å². The first-order valence-corrected chi connectivity index (χ1v) is 7.55. The third-order valence-corrected chi connectivity index (χ3v) is 3.66. The van der Waals surface area contributed by atoms with Crippen molar-refractivity contribution < 1.29 is 19.1 Å². The molecule has 0 bridgehead atoms. The number of hydrogen-bond acceptors (Lipinski definition) is 4. The Morgan fingerprint density at radius 3 is 2.71 bits per heavy atom. The van der Waals surface area contributed by atoms with Crippen LogP contribution in [0.15, 0.2) is 43.5 Å². The fourth-order valence-corrected chi connectivity index (χ4v) is 2.43. The number of rotatable bonds is 7. The number of ether oxygens (including phenoxy) is 1. The van der Waals surface area contributed by atoms with Crippen LogP contribution in [0.4, 0.5) is 5.69 Å². The minimum absolute atomic E-state index is 0.0361. The molecule has 2 rings (SSSR count). The van der Waals surface area contributed by atoms with Gasteiger partial charge in [0.15, 0.2) is 12.4 Å². The normalized spacial score (nSPS) is 12.9. The van der Waals surface area contributed by atoms with E-state index in [0.717, 1.165) is 0 Å². The lowest BCUT2D eigenvalue weighted by Crippen LogP contribution is -2.39. The van der Waals surface area contributed by atoms with E-state index < -0.39 is 0 Å². The summed E-state index contributed by atoms with van der Waals surface area (Å²) in [6.07, 6.45) is 3.18. The summed E-state index contributed by atoms with van der Waals surface area (Å²) in [4.78, 5) is 38.9. The fraction of sp³-hybridized carbons (Fsp3) is 0.278. The molecule has 0 aromatic heterocycles. The van der Waals surface area contributed by atoms with Gasteiger partial charge < -0.3 is 14.5 Å². The van der Waals surface area contributed by atoms with E-state index >= 15 is 0 Å². The van der Waals surface area contributed by atoms with Crippen LogP contribution in [0.25, 0.3) is 0 Å². The van der Waals surface area contributed by atoms with Crippen LogP contribution in [0, 0.1) is 0 Å². The van der Waals surface area contributed by atoms with Crippen LogP contribution in [-0.4, -0.2) is 48.7 Å². The summed E-state index contributed by atoms with van der Waals surface area (Å²) in [7, 11) is 0. The van der Waals surface area contributed by atoms with Gasteiger partial charge in [-0.05, 0) is 18.2 Å². The zero-order valence-corrected chi connectivity index (χ0v) is 13.7. The van der Waals surface area contributed by atoms with Gasteiger partial charge >= 0.3 is 0 Å². The molecule has 0 radical (unpaired) electrons. The van der Waals surface area contributed by atoms with Crippen LogP contribution >= 0.6 is 0 Å². The second-order valence-corrected chi connectivity index (χ2v) is 5.38. The van der Waals surface area contributed by atoms with Crippen molar-refractivity contribution in [3.05, 3.63) is 49.1 Å². The smallest absolute Gasteiger partial charge is 0.265 e. The third kappa shape index (κ3) is 3.71. The summed E-state index contributed by atoms with van der Waals surface area (Å²) >= 11 is 0. The maximum atomic E-state index is 12.5. The summed E-state index contributed by atoms with van der Waals surface area (Å²) in [6.45, 7) is 9.19. The maximum absolute atomic E-state index is 12.5. The van der Waals surface area contributed by atoms with E-state index in [-0.39, 0.29) is 30.7 Å². The van der Waals surface area contributed by atoms with E-state index in [1.165, 1.54) is 16.7 Å². The first-order valence-electron chi connectivity index (χ1n) is 7.55. The molecular formula is C18H20N2O4. The number of anilines is 1. The SMILES string of the molecule is C=CCN(CC(=O)c1ccc2c(c1)N(CC=C)C(=O)CO2)C(C)=O. The van der Waals surface area contributed by atoms with Crippen molar-refractivity contribution in [2.45, 2.75) is 6.92 Å². The third-order valence-electron chi connectivity index (χ3n) is 3.66. The summed E-state index contributed by atoms with van der Waals surface area (Å²) in [6, 6.07) is 4.91. The molecule has 2 amide bonds. The average Bonchev–Trinajstić information content (AvgIpc) is 2.56. The van der Waals surface area contributed by atoms with E-state index in [9.17, 15) is 14.4 Å². The number of amides is 2. The van der Waals surface area contributed by atoms with E-state index in [0.29, 0.717) is 30.1 Å². The lowest BCUT2D eigenvalue weighted by molar-refractivity contribution is -0.127. The Hall–Kier alpha value is -2.89. The second-order valence-electron chi connectivity index (χ2n) is 5.38. The number of nitrogens with zero attached hydrogens (tertiary/aromatic N) is 2. The Morgan fingerprint density at radius 1 is 1.33 bits per heavy atom. The predicted octanol–water partition coefficient (Wildman–Crippen LogP) is 1.82. The molecule has 24 heavy (non-hydrogen) atoms.